The molecule has 0 aliphatic rings. The molecule has 4 aromatic rings. The van der Waals surface area contributed by atoms with Crippen LogP contribution in [0.1, 0.15) is 18.1 Å². The van der Waals surface area contributed by atoms with Crippen molar-refractivity contribution in [2.45, 2.75) is 19.6 Å². The number of amides is 1. The van der Waals surface area contributed by atoms with Gasteiger partial charge in [0.15, 0.2) is 17.6 Å². The SMILES string of the molecule is COc1cc(C=NNC(=O)C(C)Oc2ccc(-c3ccccc3)cc2)ccc1OCc1ccccc1. The lowest BCUT2D eigenvalue weighted by atomic mass is 10.1. The smallest absolute Gasteiger partial charge is 0.280 e. The van der Waals surface area contributed by atoms with Crippen LogP contribution in [-0.2, 0) is 11.4 Å². The van der Waals surface area contributed by atoms with E-state index in [1.165, 1.54) is 0 Å². The molecule has 0 saturated carbocycles. The van der Waals surface area contributed by atoms with Crippen LogP contribution < -0.4 is 19.6 Å². The molecule has 1 atom stereocenters. The molecular formula is C30H28N2O4. The van der Waals surface area contributed by atoms with Crippen molar-refractivity contribution in [1.82, 2.24) is 5.43 Å². The van der Waals surface area contributed by atoms with Crippen LogP contribution in [0.15, 0.2) is 108 Å². The Hall–Kier alpha value is -4.58. The Morgan fingerprint density at radius 3 is 2.22 bits per heavy atom. The van der Waals surface area contributed by atoms with Crippen molar-refractivity contribution in [2.75, 3.05) is 7.11 Å². The largest absolute Gasteiger partial charge is 0.493 e. The quantitative estimate of drug-likeness (QED) is 0.228. The summed E-state index contributed by atoms with van der Waals surface area (Å²) in [4.78, 5) is 12.4. The first-order valence-corrected chi connectivity index (χ1v) is 11.6. The maximum atomic E-state index is 12.4. The standard InChI is InChI=1S/C30H28N2O4/c1-22(36-27-16-14-26(15-17-27)25-11-7-4-8-12-25)30(33)32-31-20-24-13-18-28(29(19-24)34-2)35-21-23-9-5-3-6-10-23/h3-20,22H,21H2,1-2H3,(H,32,33). The number of nitrogens with zero attached hydrogens (tertiary/aromatic N) is 1. The van der Waals surface area contributed by atoms with Gasteiger partial charge in [-0.1, -0.05) is 72.8 Å². The predicted molar refractivity (Wildman–Crippen MR) is 141 cm³/mol. The van der Waals surface area contributed by atoms with Crippen LogP contribution in [0.2, 0.25) is 0 Å². The van der Waals surface area contributed by atoms with E-state index in [1.807, 2.05) is 97.1 Å². The van der Waals surface area contributed by atoms with Gasteiger partial charge in [-0.25, -0.2) is 5.43 Å². The number of hydrogen-bond donors (Lipinski definition) is 1. The van der Waals surface area contributed by atoms with Gasteiger partial charge in [-0.2, -0.15) is 5.10 Å². The van der Waals surface area contributed by atoms with Gasteiger partial charge in [0.05, 0.1) is 13.3 Å². The average Bonchev–Trinajstić information content (AvgIpc) is 2.93. The fraction of sp³-hybridized carbons (Fsp3) is 0.133. The molecule has 6 heteroatoms. The lowest BCUT2D eigenvalue weighted by Gasteiger charge is -2.13. The molecule has 1 N–H and O–H groups in total. The molecule has 1 unspecified atom stereocenters. The molecule has 0 radical (unpaired) electrons. The van der Waals surface area contributed by atoms with Crippen LogP contribution in [0.4, 0.5) is 0 Å². The van der Waals surface area contributed by atoms with Gasteiger partial charge in [-0.15, -0.1) is 0 Å². The van der Waals surface area contributed by atoms with Gasteiger partial charge in [0.1, 0.15) is 12.4 Å². The number of ether oxygens (including phenoxy) is 3. The van der Waals surface area contributed by atoms with Crippen LogP contribution in [0, 0.1) is 0 Å². The van der Waals surface area contributed by atoms with Gasteiger partial charge in [-0.3, -0.25) is 4.79 Å². The molecule has 182 valence electrons. The highest BCUT2D eigenvalue weighted by molar-refractivity contribution is 5.85. The maximum Gasteiger partial charge on any atom is 0.280 e. The summed E-state index contributed by atoms with van der Waals surface area (Å²) in [5.41, 5.74) is 6.54. The van der Waals surface area contributed by atoms with E-state index in [0.717, 1.165) is 22.3 Å². The molecule has 36 heavy (non-hydrogen) atoms. The van der Waals surface area contributed by atoms with Crippen molar-refractivity contribution < 1.29 is 19.0 Å². The topological polar surface area (TPSA) is 69.2 Å². The first-order chi connectivity index (χ1) is 17.6. The number of methoxy groups -OCH3 is 1. The third-order valence-electron chi connectivity index (χ3n) is 5.46. The Morgan fingerprint density at radius 1 is 0.861 bits per heavy atom. The van der Waals surface area contributed by atoms with Crippen LogP contribution >= 0.6 is 0 Å². The lowest BCUT2D eigenvalue weighted by Crippen LogP contribution is -2.33. The summed E-state index contributed by atoms with van der Waals surface area (Å²) in [5.74, 6) is 1.46. The second-order valence-corrected chi connectivity index (χ2v) is 8.07. The highest BCUT2D eigenvalue weighted by atomic mass is 16.5. The second kappa shape index (κ2) is 12.2. The molecule has 0 heterocycles. The minimum Gasteiger partial charge on any atom is -0.493 e. The highest BCUT2D eigenvalue weighted by Gasteiger charge is 2.14. The molecule has 0 saturated heterocycles. The Labute approximate surface area is 211 Å². The van der Waals surface area contributed by atoms with Gasteiger partial charge >= 0.3 is 0 Å². The van der Waals surface area contributed by atoms with Crippen LogP contribution in [-0.4, -0.2) is 25.3 Å². The number of benzene rings is 4. The molecule has 0 aromatic heterocycles. The van der Waals surface area contributed by atoms with Crippen molar-refractivity contribution in [3.63, 3.8) is 0 Å². The third kappa shape index (κ3) is 6.73. The van der Waals surface area contributed by atoms with Gasteiger partial charge < -0.3 is 14.2 Å². The number of nitrogens with one attached hydrogen (secondary N) is 1. The number of carbonyl (C=O) groups is 1. The minimum atomic E-state index is -0.715. The molecule has 0 aliphatic carbocycles. The lowest BCUT2D eigenvalue weighted by molar-refractivity contribution is -0.127. The van der Waals surface area contributed by atoms with E-state index in [9.17, 15) is 4.79 Å². The number of hydrogen-bond acceptors (Lipinski definition) is 5. The Kier molecular flexibility index (Phi) is 8.33. The molecule has 0 fully saturated rings. The zero-order valence-electron chi connectivity index (χ0n) is 20.3. The van der Waals surface area contributed by atoms with Crippen molar-refractivity contribution in [1.29, 1.82) is 0 Å². The van der Waals surface area contributed by atoms with Crippen LogP contribution in [0.5, 0.6) is 17.2 Å². The van der Waals surface area contributed by atoms with E-state index in [2.05, 4.69) is 10.5 Å². The number of rotatable bonds is 10. The van der Waals surface area contributed by atoms with E-state index in [-0.39, 0.29) is 5.91 Å². The van der Waals surface area contributed by atoms with Gasteiger partial charge in [0.2, 0.25) is 0 Å². The fourth-order valence-electron chi connectivity index (χ4n) is 3.49. The maximum absolute atomic E-state index is 12.4. The van der Waals surface area contributed by atoms with E-state index in [4.69, 9.17) is 14.2 Å². The van der Waals surface area contributed by atoms with Crippen molar-refractivity contribution in [3.05, 3.63) is 114 Å². The predicted octanol–water partition coefficient (Wildman–Crippen LogP) is 5.86. The molecule has 0 spiro atoms. The molecule has 4 rings (SSSR count). The molecular weight excluding hydrogens is 452 g/mol. The molecule has 0 bridgehead atoms. The average molecular weight is 481 g/mol. The van der Waals surface area contributed by atoms with Crippen molar-refractivity contribution >= 4 is 12.1 Å². The molecule has 4 aromatic carbocycles. The Balaban J connectivity index is 1.29. The van der Waals surface area contributed by atoms with Crippen LogP contribution in [0.3, 0.4) is 0 Å². The van der Waals surface area contributed by atoms with Crippen molar-refractivity contribution in [3.8, 4) is 28.4 Å². The summed E-state index contributed by atoms with van der Waals surface area (Å²) in [5, 5.41) is 4.06. The molecule has 0 aliphatic heterocycles. The number of carbonyl (C=O) groups excluding carboxylic acids is 1. The van der Waals surface area contributed by atoms with E-state index < -0.39 is 6.10 Å². The van der Waals surface area contributed by atoms with Crippen molar-refractivity contribution in [2.24, 2.45) is 5.10 Å². The first-order valence-electron chi connectivity index (χ1n) is 11.6. The van der Waals surface area contributed by atoms with Crippen LogP contribution in [0.25, 0.3) is 11.1 Å². The summed E-state index contributed by atoms with van der Waals surface area (Å²) in [7, 11) is 1.58. The van der Waals surface area contributed by atoms with Gasteiger partial charge in [0, 0.05) is 0 Å². The molecule has 1 amide bonds. The second-order valence-electron chi connectivity index (χ2n) is 8.07. The Bertz CT molecular complexity index is 1290. The fourth-order valence-corrected chi connectivity index (χ4v) is 3.49. The zero-order chi connectivity index (χ0) is 25.2. The van der Waals surface area contributed by atoms with Gasteiger partial charge in [0.25, 0.3) is 5.91 Å². The Morgan fingerprint density at radius 2 is 1.53 bits per heavy atom. The summed E-state index contributed by atoms with van der Waals surface area (Å²) in [6.07, 6.45) is 0.830. The summed E-state index contributed by atoms with van der Waals surface area (Å²) in [6, 6.07) is 33.1. The highest BCUT2D eigenvalue weighted by Crippen LogP contribution is 2.28. The third-order valence-corrected chi connectivity index (χ3v) is 5.46. The number of hydrazone groups is 1. The summed E-state index contributed by atoms with van der Waals surface area (Å²) < 4.78 is 17.1. The molecule has 6 nitrogen and oxygen atoms in total. The monoisotopic (exact) mass is 480 g/mol. The summed E-state index contributed by atoms with van der Waals surface area (Å²) >= 11 is 0. The zero-order valence-corrected chi connectivity index (χ0v) is 20.3. The minimum absolute atomic E-state index is 0.354. The first kappa shape index (κ1) is 24.5. The summed E-state index contributed by atoms with van der Waals surface area (Å²) in [6.45, 7) is 2.12. The van der Waals surface area contributed by atoms with E-state index >= 15 is 0 Å². The van der Waals surface area contributed by atoms with E-state index in [0.29, 0.717) is 23.9 Å². The van der Waals surface area contributed by atoms with E-state index in [1.54, 1.807) is 26.3 Å². The normalized spacial score (nSPS) is 11.6. The van der Waals surface area contributed by atoms with Gasteiger partial charge in [-0.05, 0) is 59.5 Å².